The SMILES string of the molecule is CC(C)c1ccc(C(C)CC2OC2C)cc1. The van der Waals surface area contributed by atoms with E-state index in [0.717, 1.165) is 6.42 Å². The molecule has 1 heteroatoms. The molecule has 3 unspecified atom stereocenters. The van der Waals surface area contributed by atoms with E-state index < -0.39 is 0 Å². The fourth-order valence-corrected chi connectivity index (χ4v) is 2.17. The maximum atomic E-state index is 5.47. The summed E-state index contributed by atoms with van der Waals surface area (Å²) in [5.74, 6) is 1.23. The van der Waals surface area contributed by atoms with Crippen LogP contribution >= 0.6 is 0 Å². The third-order valence-corrected chi connectivity index (χ3v) is 3.59. The molecule has 1 aromatic carbocycles. The van der Waals surface area contributed by atoms with Crippen LogP contribution in [-0.2, 0) is 4.74 Å². The molecule has 1 nitrogen and oxygen atoms in total. The highest BCUT2D eigenvalue weighted by atomic mass is 16.6. The molecule has 1 saturated heterocycles. The number of hydrogen-bond acceptors (Lipinski definition) is 1. The molecule has 0 radical (unpaired) electrons. The Hall–Kier alpha value is -0.820. The first-order valence-corrected chi connectivity index (χ1v) is 6.33. The van der Waals surface area contributed by atoms with E-state index in [1.165, 1.54) is 11.1 Å². The lowest BCUT2D eigenvalue weighted by atomic mass is 9.93. The predicted molar refractivity (Wildman–Crippen MR) is 67.9 cm³/mol. The Morgan fingerprint density at radius 1 is 1.06 bits per heavy atom. The number of benzene rings is 1. The second-order valence-electron chi connectivity index (χ2n) is 5.34. The highest BCUT2D eigenvalue weighted by Gasteiger charge is 2.35. The van der Waals surface area contributed by atoms with Gasteiger partial charge in [0.05, 0.1) is 12.2 Å². The van der Waals surface area contributed by atoms with Crippen LogP contribution in [0.25, 0.3) is 0 Å². The number of rotatable bonds is 4. The van der Waals surface area contributed by atoms with Gasteiger partial charge in [-0.05, 0) is 36.3 Å². The van der Waals surface area contributed by atoms with Crippen molar-refractivity contribution in [3.8, 4) is 0 Å². The Kier molecular flexibility index (Phi) is 3.34. The highest BCUT2D eigenvalue weighted by Crippen LogP contribution is 2.32. The zero-order valence-electron chi connectivity index (χ0n) is 10.7. The van der Waals surface area contributed by atoms with Gasteiger partial charge in [-0.2, -0.15) is 0 Å². The second-order valence-corrected chi connectivity index (χ2v) is 5.34. The molecule has 0 amide bonds. The third kappa shape index (κ3) is 2.65. The van der Waals surface area contributed by atoms with Crippen molar-refractivity contribution in [3.63, 3.8) is 0 Å². The Labute approximate surface area is 98.8 Å². The summed E-state index contributed by atoms with van der Waals surface area (Å²) in [6, 6.07) is 9.06. The molecule has 0 spiro atoms. The van der Waals surface area contributed by atoms with E-state index >= 15 is 0 Å². The topological polar surface area (TPSA) is 12.5 Å². The van der Waals surface area contributed by atoms with E-state index in [9.17, 15) is 0 Å². The van der Waals surface area contributed by atoms with Crippen LogP contribution in [0, 0.1) is 0 Å². The average molecular weight is 218 g/mol. The third-order valence-electron chi connectivity index (χ3n) is 3.59. The van der Waals surface area contributed by atoms with Gasteiger partial charge < -0.3 is 4.74 Å². The lowest BCUT2D eigenvalue weighted by Gasteiger charge is -2.12. The zero-order valence-corrected chi connectivity index (χ0v) is 10.7. The first kappa shape index (κ1) is 11.7. The van der Waals surface area contributed by atoms with Gasteiger partial charge in [0.2, 0.25) is 0 Å². The molecule has 0 aromatic heterocycles. The van der Waals surface area contributed by atoms with Crippen molar-refractivity contribution < 1.29 is 4.74 Å². The first-order chi connectivity index (χ1) is 7.58. The molecule has 1 aromatic rings. The maximum absolute atomic E-state index is 5.47. The lowest BCUT2D eigenvalue weighted by Crippen LogP contribution is -2.00. The molecule has 3 atom stereocenters. The van der Waals surface area contributed by atoms with Crippen molar-refractivity contribution in [2.24, 2.45) is 0 Å². The highest BCUT2D eigenvalue weighted by molar-refractivity contribution is 5.27. The minimum atomic E-state index is 0.484. The summed E-state index contributed by atoms with van der Waals surface area (Å²) >= 11 is 0. The van der Waals surface area contributed by atoms with Crippen molar-refractivity contribution in [2.75, 3.05) is 0 Å². The molecule has 0 N–H and O–H groups in total. The fourth-order valence-electron chi connectivity index (χ4n) is 2.17. The predicted octanol–water partition coefficient (Wildman–Crippen LogP) is 4.09. The average Bonchev–Trinajstić information content (AvgIpc) is 2.94. The van der Waals surface area contributed by atoms with E-state index in [4.69, 9.17) is 4.74 Å². The minimum Gasteiger partial charge on any atom is -0.370 e. The summed E-state index contributed by atoms with van der Waals surface area (Å²) in [5.41, 5.74) is 2.86. The molecule has 1 heterocycles. The van der Waals surface area contributed by atoms with Gasteiger partial charge in [-0.3, -0.25) is 0 Å². The van der Waals surface area contributed by atoms with Crippen LogP contribution in [0.4, 0.5) is 0 Å². The van der Waals surface area contributed by atoms with Gasteiger partial charge in [0, 0.05) is 0 Å². The number of ether oxygens (including phenoxy) is 1. The summed E-state index contributed by atoms with van der Waals surface area (Å²) in [7, 11) is 0. The molecular weight excluding hydrogens is 196 g/mol. The van der Waals surface area contributed by atoms with Crippen molar-refractivity contribution in [1.82, 2.24) is 0 Å². The molecule has 16 heavy (non-hydrogen) atoms. The molecule has 2 rings (SSSR count). The second kappa shape index (κ2) is 4.58. The molecule has 1 aliphatic rings. The van der Waals surface area contributed by atoms with E-state index in [1.54, 1.807) is 0 Å². The molecule has 1 fully saturated rings. The molecule has 1 aliphatic heterocycles. The Morgan fingerprint density at radius 2 is 1.56 bits per heavy atom. The van der Waals surface area contributed by atoms with E-state index in [1.807, 2.05) is 0 Å². The van der Waals surface area contributed by atoms with Gasteiger partial charge in [-0.15, -0.1) is 0 Å². The van der Waals surface area contributed by atoms with Crippen molar-refractivity contribution in [1.29, 1.82) is 0 Å². The lowest BCUT2D eigenvalue weighted by molar-refractivity contribution is 0.362. The van der Waals surface area contributed by atoms with Crippen LogP contribution in [0.1, 0.15) is 57.1 Å². The number of epoxide rings is 1. The Morgan fingerprint density at radius 3 is 2.00 bits per heavy atom. The van der Waals surface area contributed by atoms with Gasteiger partial charge in [0.1, 0.15) is 0 Å². The summed E-state index contributed by atoms with van der Waals surface area (Å²) in [6.45, 7) is 8.91. The summed E-state index contributed by atoms with van der Waals surface area (Å²) < 4.78 is 5.47. The van der Waals surface area contributed by atoms with Crippen LogP contribution < -0.4 is 0 Å². The molecule has 0 saturated carbocycles. The van der Waals surface area contributed by atoms with Gasteiger partial charge in [-0.25, -0.2) is 0 Å². The van der Waals surface area contributed by atoms with Crippen molar-refractivity contribution in [2.45, 2.75) is 58.2 Å². The quantitative estimate of drug-likeness (QED) is 0.693. The zero-order chi connectivity index (χ0) is 11.7. The monoisotopic (exact) mass is 218 g/mol. The van der Waals surface area contributed by atoms with Crippen molar-refractivity contribution >= 4 is 0 Å². The molecular formula is C15H22O. The Balaban J connectivity index is 1.97. The van der Waals surface area contributed by atoms with E-state index in [0.29, 0.717) is 24.0 Å². The van der Waals surface area contributed by atoms with Gasteiger partial charge in [0.25, 0.3) is 0 Å². The van der Waals surface area contributed by atoms with Crippen LogP contribution in [0.2, 0.25) is 0 Å². The van der Waals surface area contributed by atoms with Crippen LogP contribution in [-0.4, -0.2) is 12.2 Å². The fraction of sp³-hybridized carbons (Fsp3) is 0.600. The van der Waals surface area contributed by atoms with Crippen LogP contribution in [0.5, 0.6) is 0 Å². The first-order valence-electron chi connectivity index (χ1n) is 6.33. The van der Waals surface area contributed by atoms with Crippen LogP contribution in [0.3, 0.4) is 0 Å². The Bertz CT molecular complexity index is 339. The summed E-state index contributed by atoms with van der Waals surface area (Å²) in [5, 5.41) is 0. The maximum Gasteiger partial charge on any atom is 0.0844 e. The molecule has 0 aliphatic carbocycles. The van der Waals surface area contributed by atoms with Gasteiger partial charge in [0.15, 0.2) is 0 Å². The van der Waals surface area contributed by atoms with Crippen LogP contribution in [0.15, 0.2) is 24.3 Å². The summed E-state index contributed by atoms with van der Waals surface area (Å²) in [6.07, 6.45) is 2.14. The molecule has 0 bridgehead atoms. The largest absolute Gasteiger partial charge is 0.370 e. The number of hydrogen-bond donors (Lipinski definition) is 0. The minimum absolute atomic E-state index is 0.484. The van der Waals surface area contributed by atoms with Gasteiger partial charge >= 0.3 is 0 Å². The summed E-state index contributed by atoms with van der Waals surface area (Å²) in [4.78, 5) is 0. The standard InChI is InChI=1S/C15H22O/c1-10(2)13-5-7-14(8-6-13)11(3)9-15-12(4)16-15/h5-8,10-12,15H,9H2,1-4H3. The van der Waals surface area contributed by atoms with Crippen molar-refractivity contribution in [3.05, 3.63) is 35.4 Å². The van der Waals surface area contributed by atoms with E-state index in [2.05, 4.69) is 52.0 Å². The van der Waals surface area contributed by atoms with E-state index in [-0.39, 0.29) is 0 Å². The normalized spacial score (nSPS) is 25.8. The molecule has 88 valence electrons. The smallest absolute Gasteiger partial charge is 0.0844 e. The van der Waals surface area contributed by atoms with Gasteiger partial charge in [-0.1, -0.05) is 45.0 Å².